The summed E-state index contributed by atoms with van der Waals surface area (Å²) in [5.74, 6) is 1.28. The van der Waals surface area contributed by atoms with Gasteiger partial charge in [0.1, 0.15) is 6.34 Å². The number of hydrogen-bond donors (Lipinski definition) is 2. The lowest BCUT2D eigenvalue weighted by atomic mass is 10.1. The first-order chi connectivity index (χ1) is 8.85. The molecule has 18 heavy (non-hydrogen) atoms. The molecule has 2 rings (SSSR count). The molecule has 6 heteroatoms. The van der Waals surface area contributed by atoms with Crippen LogP contribution in [0.15, 0.2) is 15.2 Å². The summed E-state index contributed by atoms with van der Waals surface area (Å²) in [4.78, 5) is 8.58. The van der Waals surface area contributed by atoms with Gasteiger partial charge in [-0.1, -0.05) is 18.5 Å². The van der Waals surface area contributed by atoms with E-state index in [1.807, 2.05) is 12.4 Å². The molecular formula is C12H18N4O2. The van der Waals surface area contributed by atoms with Crippen LogP contribution in [-0.4, -0.2) is 21.7 Å². The Balaban J connectivity index is 2.32. The lowest BCUT2D eigenvalue weighted by Crippen LogP contribution is -2.02. The summed E-state index contributed by atoms with van der Waals surface area (Å²) in [7, 11) is 0. The number of allylic oxidation sites excluding steroid dienone is 2. The maximum Gasteiger partial charge on any atom is 0.255 e. The third-order valence-corrected chi connectivity index (χ3v) is 3.01. The van der Waals surface area contributed by atoms with Gasteiger partial charge in [-0.2, -0.15) is 4.98 Å². The van der Waals surface area contributed by atoms with E-state index in [1.54, 1.807) is 0 Å². The average molecular weight is 250 g/mol. The maximum absolute atomic E-state index is 8.59. The quantitative estimate of drug-likeness (QED) is 0.486. The van der Waals surface area contributed by atoms with Crippen molar-refractivity contribution in [2.75, 3.05) is 0 Å². The molecule has 0 radical (unpaired) electrons. The lowest BCUT2D eigenvalue weighted by Gasteiger charge is -2.03. The van der Waals surface area contributed by atoms with E-state index in [2.05, 4.69) is 15.1 Å². The molecular weight excluding hydrogens is 232 g/mol. The van der Waals surface area contributed by atoms with Gasteiger partial charge in [-0.15, -0.1) is 0 Å². The Morgan fingerprint density at radius 3 is 2.94 bits per heavy atom. The van der Waals surface area contributed by atoms with Gasteiger partial charge in [0.15, 0.2) is 5.82 Å². The summed E-state index contributed by atoms with van der Waals surface area (Å²) < 4.78 is 5.29. The van der Waals surface area contributed by atoms with Gasteiger partial charge in [-0.3, -0.25) is 10.7 Å². The fraction of sp³-hybridized carbons (Fsp3) is 0.583. The molecule has 0 saturated heterocycles. The molecule has 1 aromatic heterocycles. The van der Waals surface area contributed by atoms with Crippen LogP contribution < -0.4 is 5.48 Å². The predicted octanol–water partition coefficient (Wildman–Crippen LogP) is 2.31. The van der Waals surface area contributed by atoms with E-state index in [0.29, 0.717) is 11.7 Å². The predicted molar refractivity (Wildman–Crippen MR) is 67.1 cm³/mol. The molecule has 2 N–H and O–H groups in total. The standard InChI is InChI=1S/C12H18N4O2/c1-2-11-15-12(18-16-11)9-6-4-3-5-7-10(9)13-8-14-17/h8,17H,2-7H2,1H3,(H,13,14). The van der Waals surface area contributed by atoms with Crippen molar-refractivity contribution in [3.63, 3.8) is 0 Å². The Morgan fingerprint density at radius 2 is 2.22 bits per heavy atom. The normalized spacial score (nSPS) is 17.2. The van der Waals surface area contributed by atoms with Crippen molar-refractivity contribution in [2.24, 2.45) is 4.99 Å². The number of hydroxylamine groups is 1. The van der Waals surface area contributed by atoms with E-state index in [-0.39, 0.29) is 0 Å². The van der Waals surface area contributed by atoms with Crippen molar-refractivity contribution in [1.29, 1.82) is 0 Å². The van der Waals surface area contributed by atoms with E-state index in [1.165, 1.54) is 12.8 Å². The molecule has 0 amide bonds. The van der Waals surface area contributed by atoms with Gasteiger partial charge in [-0.25, -0.2) is 4.99 Å². The van der Waals surface area contributed by atoms with E-state index < -0.39 is 0 Å². The topological polar surface area (TPSA) is 83.5 Å². The second-order valence-electron chi connectivity index (χ2n) is 4.24. The number of aliphatic imine (C=N–C) groups is 1. The summed E-state index contributed by atoms with van der Waals surface area (Å²) in [6.45, 7) is 1.99. The van der Waals surface area contributed by atoms with Crippen molar-refractivity contribution in [1.82, 2.24) is 15.6 Å². The molecule has 1 aliphatic rings. The molecule has 0 aliphatic heterocycles. The van der Waals surface area contributed by atoms with Gasteiger partial charge in [0.2, 0.25) is 0 Å². The van der Waals surface area contributed by atoms with Crippen molar-refractivity contribution >= 4 is 11.9 Å². The molecule has 0 bridgehead atoms. The molecule has 1 heterocycles. The second-order valence-corrected chi connectivity index (χ2v) is 4.24. The highest BCUT2D eigenvalue weighted by Gasteiger charge is 2.18. The largest absolute Gasteiger partial charge is 0.334 e. The molecule has 0 atom stereocenters. The first kappa shape index (κ1) is 12.8. The second kappa shape index (κ2) is 6.30. The fourth-order valence-electron chi connectivity index (χ4n) is 2.07. The Morgan fingerprint density at radius 1 is 1.39 bits per heavy atom. The number of nitrogens with one attached hydrogen (secondary N) is 1. The molecule has 0 spiro atoms. The summed E-state index contributed by atoms with van der Waals surface area (Å²) in [5, 5.41) is 12.5. The first-order valence-corrected chi connectivity index (χ1v) is 6.32. The van der Waals surface area contributed by atoms with Crippen LogP contribution in [0.5, 0.6) is 0 Å². The monoisotopic (exact) mass is 250 g/mol. The van der Waals surface area contributed by atoms with Crippen LogP contribution in [0.4, 0.5) is 0 Å². The zero-order valence-electron chi connectivity index (χ0n) is 10.5. The third kappa shape index (κ3) is 2.95. The Bertz CT molecular complexity index is 451. The van der Waals surface area contributed by atoms with Gasteiger partial charge in [0, 0.05) is 12.0 Å². The maximum atomic E-state index is 8.59. The van der Waals surface area contributed by atoms with Gasteiger partial charge < -0.3 is 4.52 Å². The number of aromatic nitrogens is 2. The molecule has 0 unspecified atom stereocenters. The summed E-state index contributed by atoms with van der Waals surface area (Å²) in [5.41, 5.74) is 3.85. The highest BCUT2D eigenvalue weighted by molar-refractivity contribution is 5.66. The third-order valence-electron chi connectivity index (χ3n) is 3.01. The Labute approximate surface area is 106 Å². The van der Waals surface area contributed by atoms with Crippen LogP contribution in [0, 0.1) is 0 Å². The summed E-state index contributed by atoms with van der Waals surface area (Å²) in [6, 6.07) is 0. The summed E-state index contributed by atoms with van der Waals surface area (Å²) >= 11 is 0. The minimum atomic E-state index is 0.568. The number of hydrogen-bond acceptors (Lipinski definition) is 5. The van der Waals surface area contributed by atoms with Crippen LogP contribution in [-0.2, 0) is 6.42 Å². The highest BCUT2D eigenvalue weighted by Crippen LogP contribution is 2.30. The SMILES string of the molecule is CCc1noc(C2=C(N=CNO)CCCCC2)n1. The zero-order valence-corrected chi connectivity index (χ0v) is 10.5. The highest BCUT2D eigenvalue weighted by atomic mass is 16.5. The van der Waals surface area contributed by atoms with Crippen molar-refractivity contribution in [3.8, 4) is 0 Å². The molecule has 0 saturated carbocycles. The van der Waals surface area contributed by atoms with E-state index in [9.17, 15) is 0 Å². The minimum absolute atomic E-state index is 0.568. The zero-order chi connectivity index (χ0) is 12.8. The number of rotatable bonds is 4. The van der Waals surface area contributed by atoms with Crippen LogP contribution in [0.2, 0.25) is 0 Å². The molecule has 0 fully saturated rings. The number of nitrogens with zero attached hydrogens (tertiary/aromatic N) is 3. The Kier molecular flexibility index (Phi) is 4.46. The molecule has 1 aromatic rings. The first-order valence-electron chi connectivity index (χ1n) is 6.32. The van der Waals surface area contributed by atoms with Gasteiger partial charge in [0.05, 0.1) is 5.70 Å². The lowest BCUT2D eigenvalue weighted by molar-refractivity contribution is 0.239. The molecule has 0 aromatic carbocycles. The van der Waals surface area contributed by atoms with Crippen LogP contribution in [0.1, 0.15) is 50.7 Å². The van der Waals surface area contributed by atoms with Crippen molar-refractivity contribution in [2.45, 2.75) is 45.4 Å². The van der Waals surface area contributed by atoms with Gasteiger partial charge in [0.25, 0.3) is 5.89 Å². The Hall–Kier alpha value is -1.69. The molecule has 1 aliphatic carbocycles. The van der Waals surface area contributed by atoms with E-state index in [0.717, 1.165) is 43.4 Å². The fourth-order valence-corrected chi connectivity index (χ4v) is 2.07. The molecule has 98 valence electrons. The van der Waals surface area contributed by atoms with Crippen molar-refractivity contribution < 1.29 is 9.73 Å². The molecule has 6 nitrogen and oxygen atoms in total. The smallest absolute Gasteiger partial charge is 0.255 e. The summed E-state index contributed by atoms with van der Waals surface area (Å²) in [6.07, 6.45) is 7.16. The number of aryl methyl sites for hydroxylation is 1. The van der Waals surface area contributed by atoms with Crippen molar-refractivity contribution in [3.05, 3.63) is 17.4 Å². The van der Waals surface area contributed by atoms with E-state index in [4.69, 9.17) is 9.73 Å². The van der Waals surface area contributed by atoms with E-state index >= 15 is 0 Å². The van der Waals surface area contributed by atoms with Crippen LogP contribution in [0.3, 0.4) is 0 Å². The van der Waals surface area contributed by atoms with Crippen LogP contribution in [0.25, 0.3) is 5.57 Å². The minimum Gasteiger partial charge on any atom is -0.334 e. The average Bonchev–Trinajstić information content (AvgIpc) is 2.75. The van der Waals surface area contributed by atoms with Gasteiger partial charge >= 0.3 is 0 Å². The van der Waals surface area contributed by atoms with Crippen LogP contribution >= 0.6 is 0 Å². The van der Waals surface area contributed by atoms with Gasteiger partial charge in [-0.05, 0) is 25.7 Å².